The first-order valence-corrected chi connectivity index (χ1v) is 15.0. The highest BCUT2D eigenvalue weighted by Crippen LogP contribution is 2.40. The minimum absolute atomic E-state index is 0.140. The Labute approximate surface area is 254 Å². The molecule has 0 amide bonds. The smallest absolute Gasteiger partial charge is 0.309 e. The van der Waals surface area contributed by atoms with E-state index in [1.807, 2.05) is 18.2 Å². The summed E-state index contributed by atoms with van der Waals surface area (Å²) < 4.78 is 51.2. The number of carboxylic acid groups (broad SMARTS) is 1. The molecule has 0 radical (unpaired) electrons. The van der Waals surface area contributed by atoms with E-state index in [0.29, 0.717) is 70.9 Å². The van der Waals surface area contributed by atoms with Crippen molar-refractivity contribution in [1.29, 1.82) is 0 Å². The average molecular weight is 617 g/mol. The summed E-state index contributed by atoms with van der Waals surface area (Å²) in [6.07, 6.45) is 2.27. The molecule has 1 aromatic heterocycles. The average Bonchev–Trinajstić information content (AvgIpc) is 3.03. The number of benzene rings is 2. The van der Waals surface area contributed by atoms with Crippen LogP contribution >= 0.6 is 0 Å². The molecule has 3 aromatic rings. The minimum atomic E-state index is -1.51. The van der Waals surface area contributed by atoms with E-state index in [1.165, 1.54) is 0 Å². The Morgan fingerprint density at radius 1 is 1.09 bits per heavy atom. The number of aliphatic hydroxyl groups is 1. The zero-order valence-electron chi connectivity index (χ0n) is 24.8. The van der Waals surface area contributed by atoms with Crippen LogP contribution in [-0.4, -0.2) is 90.6 Å². The third-order valence-corrected chi connectivity index (χ3v) is 8.93. The Bertz CT molecular complexity index is 1440. The third kappa shape index (κ3) is 7.26. The summed E-state index contributed by atoms with van der Waals surface area (Å²) in [6.45, 7) is 5.36. The fourth-order valence-electron chi connectivity index (χ4n) is 6.23. The molecule has 2 fully saturated rings. The first kappa shape index (κ1) is 32.0. The van der Waals surface area contributed by atoms with Crippen molar-refractivity contribution in [3.05, 3.63) is 65.1 Å². The topological polar surface area (TPSA) is 107 Å². The maximum Gasteiger partial charge on any atom is 0.309 e. The molecule has 0 bridgehead atoms. The van der Waals surface area contributed by atoms with Crippen molar-refractivity contribution >= 4 is 22.6 Å². The van der Waals surface area contributed by atoms with E-state index in [1.54, 1.807) is 13.3 Å². The van der Waals surface area contributed by atoms with E-state index in [4.69, 9.17) is 9.47 Å². The number of aliphatic hydroxyl groups excluding tert-OH is 1. The highest BCUT2D eigenvalue weighted by molar-refractivity contribution is 5.85. The van der Waals surface area contributed by atoms with Gasteiger partial charge in [0.2, 0.25) is 0 Å². The molecule has 1 atom stereocenters. The Hall–Kier alpha value is -3.45. The van der Waals surface area contributed by atoms with Gasteiger partial charge in [0, 0.05) is 62.1 Å². The zero-order chi connectivity index (χ0) is 31.3. The number of fused-ring (bicyclic) bond motifs is 1. The van der Waals surface area contributed by atoms with E-state index in [0.717, 1.165) is 47.3 Å². The molecule has 3 heterocycles. The molecule has 3 N–H and O–H groups in total. The number of rotatable bonds is 12. The lowest BCUT2D eigenvalue weighted by Gasteiger charge is -2.39. The van der Waals surface area contributed by atoms with Crippen LogP contribution in [0.15, 0.2) is 36.5 Å². The van der Waals surface area contributed by atoms with Crippen LogP contribution in [-0.2, 0) is 16.1 Å². The number of piperidine rings is 1. The Morgan fingerprint density at radius 3 is 2.45 bits per heavy atom. The van der Waals surface area contributed by atoms with Gasteiger partial charge in [-0.2, -0.15) is 0 Å². The number of aromatic nitrogens is 1. The van der Waals surface area contributed by atoms with Crippen molar-refractivity contribution in [2.45, 2.75) is 38.3 Å². The van der Waals surface area contributed by atoms with Gasteiger partial charge in [0.05, 0.1) is 37.4 Å². The van der Waals surface area contributed by atoms with E-state index in [2.05, 4.69) is 20.1 Å². The molecule has 0 aliphatic carbocycles. The van der Waals surface area contributed by atoms with Gasteiger partial charge >= 0.3 is 5.97 Å². The predicted octanol–water partition coefficient (Wildman–Crippen LogP) is 4.59. The van der Waals surface area contributed by atoms with Crippen LogP contribution in [0.4, 0.5) is 18.9 Å². The van der Waals surface area contributed by atoms with Gasteiger partial charge in [-0.25, -0.2) is 13.2 Å². The number of pyridine rings is 1. The predicted molar refractivity (Wildman–Crippen MR) is 159 cm³/mol. The van der Waals surface area contributed by atoms with Crippen LogP contribution < -0.4 is 10.1 Å². The molecule has 12 heteroatoms. The van der Waals surface area contributed by atoms with Gasteiger partial charge < -0.3 is 29.9 Å². The number of carbonyl (C=O) groups is 1. The van der Waals surface area contributed by atoms with Crippen LogP contribution in [0.1, 0.15) is 42.9 Å². The van der Waals surface area contributed by atoms with Crippen LogP contribution in [0.5, 0.6) is 5.75 Å². The summed E-state index contributed by atoms with van der Waals surface area (Å²) in [5.74, 6) is -4.26. The number of hydrogen-bond acceptors (Lipinski definition) is 8. The molecule has 238 valence electrons. The minimum Gasteiger partial charge on any atom is -0.497 e. The number of methoxy groups -OCH3 is 1. The number of nitrogens with one attached hydrogen (secondary N) is 1. The second-order valence-corrected chi connectivity index (χ2v) is 11.6. The summed E-state index contributed by atoms with van der Waals surface area (Å²) in [4.78, 5) is 21.6. The summed E-state index contributed by atoms with van der Waals surface area (Å²) in [5.41, 5.74) is 1.53. The van der Waals surface area contributed by atoms with Gasteiger partial charge in [0.1, 0.15) is 5.75 Å². The highest BCUT2D eigenvalue weighted by Gasteiger charge is 2.41. The number of anilines is 1. The maximum absolute atomic E-state index is 13.5. The van der Waals surface area contributed by atoms with Gasteiger partial charge in [0.15, 0.2) is 17.5 Å². The molecular formula is C32H39F3N4O5. The first-order valence-electron chi connectivity index (χ1n) is 15.0. The second-order valence-electron chi connectivity index (χ2n) is 11.6. The largest absolute Gasteiger partial charge is 0.497 e. The molecule has 5 rings (SSSR count). The second kappa shape index (κ2) is 14.1. The van der Waals surface area contributed by atoms with Gasteiger partial charge in [-0.05, 0) is 68.1 Å². The molecule has 2 aliphatic rings. The van der Waals surface area contributed by atoms with Crippen molar-refractivity contribution in [2.24, 2.45) is 5.41 Å². The van der Waals surface area contributed by atoms with Crippen molar-refractivity contribution in [2.75, 3.05) is 64.9 Å². The maximum atomic E-state index is 13.5. The fourth-order valence-corrected chi connectivity index (χ4v) is 6.23. The Morgan fingerprint density at radius 2 is 1.80 bits per heavy atom. The fraction of sp³-hybridized carbons (Fsp3) is 0.500. The van der Waals surface area contributed by atoms with Crippen molar-refractivity contribution in [1.82, 2.24) is 14.8 Å². The lowest BCUT2D eigenvalue weighted by Crippen LogP contribution is -2.45. The molecule has 2 aliphatic heterocycles. The molecule has 0 spiro atoms. The molecule has 9 nitrogen and oxygen atoms in total. The number of hydrogen-bond donors (Lipinski definition) is 3. The number of morpholine rings is 1. The molecular weight excluding hydrogens is 577 g/mol. The molecule has 0 saturated carbocycles. The number of carboxylic acids is 1. The lowest BCUT2D eigenvalue weighted by atomic mass is 9.73. The van der Waals surface area contributed by atoms with Crippen molar-refractivity contribution < 1.29 is 37.7 Å². The van der Waals surface area contributed by atoms with E-state index >= 15 is 0 Å². The van der Waals surface area contributed by atoms with E-state index in [-0.39, 0.29) is 12.1 Å². The summed E-state index contributed by atoms with van der Waals surface area (Å²) >= 11 is 0. The summed E-state index contributed by atoms with van der Waals surface area (Å²) in [7, 11) is 1.59. The van der Waals surface area contributed by atoms with Crippen LogP contribution in [0.25, 0.3) is 10.9 Å². The van der Waals surface area contributed by atoms with Crippen molar-refractivity contribution in [3.8, 4) is 5.75 Å². The Balaban J connectivity index is 1.25. The van der Waals surface area contributed by atoms with Crippen LogP contribution in [0.2, 0.25) is 0 Å². The van der Waals surface area contributed by atoms with E-state index in [9.17, 15) is 28.2 Å². The lowest BCUT2D eigenvalue weighted by molar-refractivity contribution is -0.153. The number of halogens is 3. The standard InChI is InChI=1S/C32H39F3N4O5/c1-43-23-2-3-27-24(18-23)29(21(19-37-27)20-39-12-14-44-15-13-39)28(40)4-5-32(31(41)42)6-9-38(10-7-32)11-8-36-22-16-25(33)30(35)26(34)17-22/h2-3,16-19,28,36,40H,4-15,20H2,1H3,(H,41,42)/t28-/m1/s1. The number of likely N-dealkylation sites (tertiary alicyclic amines) is 1. The normalized spacial score (nSPS) is 18.3. The van der Waals surface area contributed by atoms with Gasteiger partial charge in [-0.15, -0.1) is 0 Å². The van der Waals surface area contributed by atoms with E-state index < -0.39 is 34.9 Å². The van der Waals surface area contributed by atoms with Crippen LogP contribution in [0, 0.1) is 22.9 Å². The summed E-state index contributed by atoms with van der Waals surface area (Å²) in [5, 5.41) is 25.6. The van der Waals surface area contributed by atoms with Crippen LogP contribution in [0.3, 0.4) is 0 Å². The molecule has 44 heavy (non-hydrogen) atoms. The number of ether oxygens (including phenoxy) is 2. The van der Waals surface area contributed by atoms with Gasteiger partial charge in [-0.3, -0.25) is 14.7 Å². The SMILES string of the molecule is COc1ccc2ncc(CN3CCOCC3)c([C@H](O)CCC3(C(=O)O)CCN(CCNc4cc(F)c(F)c(F)c4)CC3)c2c1. The molecule has 2 aromatic carbocycles. The number of nitrogens with zero attached hydrogens (tertiary/aromatic N) is 3. The molecule has 2 saturated heterocycles. The third-order valence-electron chi connectivity index (χ3n) is 8.93. The zero-order valence-corrected chi connectivity index (χ0v) is 24.8. The quantitative estimate of drug-likeness (QED) is 0.252. The monoisotopic (exact) mass is 616 g/mol. The summed E-state index contributed by atoms with van der Waals surface area (Å²) in [6, 6.07) is 7.37. The van der Waals surface area contributed by atoms with Gasteiger partial charge in [0.25, 0.3) is 0 Å². The number of aliphatic carboxylic acids is 1. The molecule has 0 unspecified atom stereocenters. The first-order chi connectivity index (χ1) is 21.2. The van der Waals surface area contributed by atoms with Crippen molar-refractivity contribution in [3.63, 3.8) is 0 Å². The highest BCUT2D eigenvalue weighted by atomic mass is 19.2. The van der Waals surface area contributed by atoms with Gasteiger partial charge in [-0.1, -0.05) is 0 Å². The Kier molecular flexibility index (Phi) is 10.2.